The molecule has 2 unspecified atom stereocenters. The molecule has 0 aliphatic carbocycles. The summed E-state index contributed by atoms with van der Waals surface area (Å²) in [6, 6.07) is 0. The lowest BCUT2D eigenvalue weighted by atomic mass is 10.2. The Labute approximate surface area is 181 Å². The van der Waals surface area contributed by atoms with Crippen LogP contribution in [0.25, 0.3) is 0 Å². The number of allylic oxidation sites excluding steroid dienone is 1. The van der Waals surface area contributed by atoms with Crippen molar-refractivity contribution >= 4 is 23.2 Å². The molecule has 2 atom stereocenters. The van der Waals surface area contributed by atoms with Crippen molar-refractivity contribution in [2.75, 3.05) is 6.61 Å². The molecule has 0 aromatic rings. The standard InChI is InChI=1S/C14H13Cl2F13O3/c1-2-3-4-5-6-30-7-8(17,18)13(26,27)31-9(19,12(23,24)25)14(28,29)32-11(16,22)10(15,20)21/h5-6H,2-4,7H2,1H3. The van der Waals surface area contributed by atoms with Gasteiger partial charge in [-0.15, -0.1) is 0 Å². The highest BCUT2D eigenvalue weighted by atomic mass is 35.5. The van der Waals surface area contributed by atoms with E-state index >= 15 is 0 Å². The zero-order valence-electron chi connectivity index (χ0n) is 15.4. The molecule has 0 heterocycles. The van der Waals surface area contributed by atoms with Gasteiger partial charge in [0.2, 0.25) is 0 Å². The van der Waals surface area contributed by atoms with Gasteiger partial charge in [-0.05, 0) is 42.1 Å². The second-order valence-electron chi connectivity index (χ2n) is 5.87. The molecule has 0 saturated heterocycles. The summed E-state index contributed by atoms with van der Waals surface area (Å²) in [4.78, 5) is 0. The van der Waals surface area contributed by atoms with E-state index in [1.165, 1.54) is 0 Å². The summed E-state index contributed by atoms with van der Waals surface area (Å²) >= 11 is 7.90. The Hall–Kier alpha value is -0.870. The first-order chi connectivity index (χ1) is 14.0. The average molecular weight is 547 g/mol. The number of hydrogen-bond acceptors (Lipinski definition) is 3. The van der Waals surface area contributed by atoms with E-state index in [2.05, 4.69) is 32.7 Å². The molecular weight excluding hydrogens is 534 g/mol. The third-order valence-corrected chi connectivity index (χ3v) is 3.86. The van der Waals surface area contributed by atoms with E-state index in [1.807, 2.05) is 4.74 Å². The summed E-state index contributed by atoms with van der Waals surface area (Å²) in [5.41, 5.74) is 0. The van der Waals surface area contributed by atoms with Crippen molar-refractivity contribution in [3.63, 3.8) is 0 Å². The van der Waals surface area contributed by atoms with Crippen LogP contribution in [0.2, 0.25) is 0 Å². The molecule has 0 aromatic heterocycles. The van der Waals surface area contributed by atoms with Crippen LogP contribution >= 0.6 is 23.2 Å². The monoisotopic (exact) mass is 546 g/mol. The van der Waals surface area contributed by atoms with Crippen LogP contribution in [0.5, 0.6) is 0 Å². The van der Waals surface area contributed by atoms with E-state index in [0.717, 1.165) is 6.08 Å². The summed E-state index contributed by atoms with van der Waals surface area (Å²) < 4.78 is 180. The lowest BCUT2D eigenvalue weighted by Gasteiger charge is -2.39. The third kappa shape index (κ3) is 7.32. The largest absolute Gasteiger partial charge is 0.495 e. The fraction of sp³-hybridized carbons (Fsp3) is 0.857. The predicted molar refractivity (Wildman–Crippen MR) is 82.0 cm³/mol. The Balaban J connectivity index is 5.88. The lowest BCUT2D eigenvalue weighted by molar-refractivity contribution is -0.531. The van der Waals surface area contributed by atoms with E-state index in [4.69, 9.17) is 0 Å². The first kappa shape index (κ1) is 31.1. The third-order valence-electron chi connectivity index (χ3n) is 3.20. The Kier molecular flexibility index (Phi) is 9.90. The molecule has 0 aromatic carbocycles. The molecule has 0 spiro atoms. The van der Waals surface area contributed by atoms with Gasteiger partial charge in [0.1, 0.15) is 0 Å². The molecule has 3 nitrogen and oxygen atoms in total. The maximum Gasteiger partial charge on any atom is 0.458 e. The highest BCUT2D eigenvalue weighted by molar-refractivity contribution is 6.31. The second kappa shape index (κ2) is 10.2. The van der Waals surface area contributed by atoms with E-state index in [-0.39, 0.29) is 6.42 Å². The minimum Gasteiger partial charge on any atom is -0.495 e. The fourth-order valence-electron chi connectivity index (χ4n) is 1.51. The first-order valence-electron chi connectivity index (χ1n) is 7.98. The molecular formula is C14H13Cl2F13O3. The van der Waals surface area contributed by atoms with Gasteiger partial charge in [-0.2, -0.15) is 57.1 Å². The number of rotatable bonds is 13. The Morgan fingerprint density at radius 3 is 1.66 bits per heavy atom. The maximum absolute atomic E-state index is 13.9. The van der Waals surface area contributed by atoms with Gasteiger partial charge >= 0.3 is 40.9 Å². The lowest BCUT2D eigenvalue weighted by Crippen LogP contribution is -2.65. The van der Waals surface area contributed by atoms with Crippen LogP contribution in [0.1, 0.15) is 26.2 Å². The summed E-state index contributed by atoms with van der Waals surface area (Å²) in [7, 11) is 0. The highest BCUT2D eigenvalue weighted by Gasteiger charge is 2.82. The summed E-state index contributed by atoms with van der Waals surface area (Å²) in [5.74, 6) is -13.2. The fourth-order valence-corrected chi connectivity index (χ4v) is 1.65. The van der Waals surface area contributed by atoms with Crippen molar-refractivity contribution in [2.45, 2.75) is 67.1 Å². The van der Waals surface area contributed by atoms with Gasteiger partial charge in [-0.3, -0.25) is 9.47 Å². The molecule has 0 aliphatic heterocycles. The number of hydrogen-bond donors (Lipinski definition) is 0. The summed E-state index contributed by atoms with van der Waals surface area (Å²) in [5, 5.41) is -11.6. The predicted octanol–water partition coefficient (Wildman–Crippen LogP) is 7.48. The number of ether oxygens (including phenoxy) is 3. The van der Waals surface area contributed by atoms with Crippen molar-refractivity contribution in [3.8, 4) is 0 Å². The van der Waals surface area contributed by atoms with Crippen LogP contribution in [0.4, 0.5) is 57.1 Å². The molecule has 0 radical (unpaired) electrons. The Bertz CT molecular complexity index is 634. The molecule has 0 bridgehead atoms. The molecule has 192 valence electrons. The van der Waals surface area contributed by atoms with Crippen LogP contribution in [0, 0.1) is 0 Å². The second-order valence-corrected chi connectivity index (χ2v) is 6.84. The molecule has 0 N–H and O–H groups in total. The summed E-state index contributed by atoms with van der Waals surface area (Å²) in [6.45, 7) is -0.791. The van der Waals surface area contributed by atoms with Gasteiger partial charge < -0.3 is 4.74 Å². The van der Waals surface area contributed by atoms with Crippen LogP contribution in [0.15, 0.2) is 12.3 Å². The summed E-state index contributed by atoms with van der Waals surface area (Å²) in [6.07, 6.45) is -18.6. The zero-order chi connectivity index (χ0) is 25.9. The van der Waals surface area contributed by atoms with Crippen molar-refractivity contribution in [2.24, 2.45) is 0 Å². The van der Waals surface area contributed by atoms with Gasteiger partial charge in [0.15, 0.2) is 6.61 Å². The molecule has 0 fully saturated rings. The molecule has 0 saturated carbocycles. The van der Waals surface area contributed by atoms with Gasteiger partial charge in [0.25, 0.3) is 0 Å². The molecule has 32 heavy (non-hydrogen) atoms. The van der Waals surface area contributed by atoms with Crippen LogP contribution in [0.3, 0.4) is 0 Å². The SMILES string of the molecule is CCCCC=COCC(F)(F)C(F)(F)OC(F)(C(F)(F)F)C(F)(F)OC(F)(Cl)C(F)(F)Cl. The zero-order valence-corrected chi connectivity index (χ0v) is 16.9. The number of alkyl halides is 15. The maximum atomic E-state index is 13.9. The van der Waals surface area contributed by atoms with Gasteiger partial charge in [-0.1, -0.05) is 13.3 Å². The Morgan fingerprint density at radius 2 is 1.25 bits per heavy atom. The van der Waals surface area contributed by atoms with E-state index < -0.39 is 47.5 Å². The number of halogens is 15. The van der Waals surface area contributed by atoms with Crippen LogP contribution in [-0.4, -0.2) is 47.5 Å². The van der Waals surface area contributed by atoms with Gasteiger partial charge in [0, 0.05) is 0 Å². The Morgan fingerprint density at radius 1 is 0.750 bits per heavy atom. The average Bonchev–Trinajstić information content (AvgIpc) is 2.54. The first-order valence-corrected chi connectivity index (χ1v) is 8.73. The van der Waals surface area contributed by atoms with Crippen molar-refractivity contribution in [1.82, 2.24) is 0 Å². The highest BCUT2D eigenvalue weighted by Crippen LogP contribution is 2.55. The minimum atomic E-state index is -7.40. The smallest absolute Gasteiger partial charge is 0.458 e. The normalized spacial score (nSPS) is 18.5. The number of unbranched alkanes of at least 4 members (excludes halogenated alkanes) is 2. The molecule has 0 amide bonds. The van der Waals surface area contributed by atoms with Gasteiger partial charge in [0.05, 0.1) is 6.26 Å². The molecule has 18 heteroatoms. The molecule has 0 rings (SSSR count). The van der Waals surface area contributed by atoms with Crippen LogP contribution in [-0.2, 0) is 14.2 Å². The van der Waals surface area contributed by atoms with E-state index in [9.17, 15) is 57.1 Å². The van der Waals surface area contributed by atoms with E-state index in [0.29, 0.717) is 19.1 Å². The quantitative estimate of drug-likeness (QED) is 0.104. The minimum absolute atomic E-state index is 0.203. The molecule has 0 aliphatic rings. The van der Waals surface area contributed by atoms with Crippen LogP contribution < -0.4 is 0 Å². The van der Waals surface area contributed by atoms with Crippen molar-refractivity contribution in [3.05, 3.63) is 12.3 Å². The van der Waals surface area contributed by atoms with Gasteiger partial charge in [-0.25, -0.2) is 0 Å². The van der Waals surface area contributed by atoms with Crippen molar-refractivity contribution in [1.29, 1.82) is 0 Å². The van der Waals surface area contributed by atoms with Crippen molar-refractivity contribution < 1.29 is 71.3 Å². The van der Waals surface area contributed by atoms with E-state index in [1.54, 1.807) is 6.92 Å². The topological polar surface area (TPSA) is 27.7 Å².